The largest absolute Gasteiger partial charge is 0.381 e. The van der Waals surface area contributed by atoms with Crippen LogP contribution in [-0.4, -0.2) is 8.42 Å². The summed E-state index contributed by atoms with van der Waals surface area (Å²) in [6.07, 6.45) is 0. The summed E-state index contributed by atoms with van der Waals surface area (Å²) >= 11 is 3.28. The van der Waals surface area contributed by atoms with Crippen LogP contribution in [0, 0.1) is 18.3 Å². The van der Waals surface area contributed by atoms with E-state index in [2.05, 4.69) is 15.9 Å². The molecule has 0 atom stereocenters. The van der Waals surface area contributed by atoms with Gasteiger partial charge in [0.2, 0.25) is 0 Å². The van der Waals surface area contributed by atoms with Gasteiger partial charge in [-0.2, -0.15) is 13.7 Å². The Labute approximate surface area is 132 Å². The van der Waals surface area contributed by atoms with Gasteiger partial charge in [0.25, 0.3) is 0 Å². The number of benzene rings is 2. The fraction of sp³-hybridized carbons (Fsp3) is 0.133. The Kier molecular flexibility index (Phi) is 4.66. The van der Waals surface area contributed by atoms with Gasteiger partial charge in [-0.3, -0.25) is 0 Å². The van der Waals surface area contributed by atoms with Crippen LogP contribution in [0.5, 0.6) is 5.75 Å². The lowest BCUT2D eigenvalue weighted by atomic mass is 10.2. The number of hydrogen-bond acceptors (Lipinski definition) is 4. The lowest BCUT2D eigenvalue weighted by Gasteiger charge is -2.09. The molecule has 0 aliphatic heterocycles. The van der Waals surface area contributed by atoms with Gasteiger partial charge in [0.05, 0.1) is 16.1 Å². The van der Waals surface area contributed by atoms with Crippen LogP contribution in [0.2, 0.25) is 0 Å². The van der Waals surface area contributed by atoms with Crippen LogP contribution in [0.15, 0.2) is 46.9 Å². The van der Waals surface area contributed by atoms with Gasteiger partial charge in [-0.1, -0.05) is 18.2 Å². The molecule has 2 rings (SSSR count). The second-order valence-electron chi connectivity index (χ2n) is 4.53. The molecule has 0 aliphatic rings. The predicted molar refractivity (Wildman–Crippen MR) is 83.3 cm³/mol. The quantitative estimate of drug-likeness (QED) is 0.777. The molecule has 0 aromatic heterocycles. The highest BCUT2D eigenvalue weighted by molar-refractivity contribution is 9.10. The molecule has 0 bridgehead atoms. The highest BCUT2D eigenvalue weighted by atomic mass is 79.9. The molecule has 0 amide bonds. The van der Waals surface area contributed by atoms with E-state index in [1.165, 1.54) is 6.07 Å². The number of aryl methyl sites for hydroxylation is 1. The van der Waals surface area contributed by atoms with Crippen molar-refractivity contribution in [2.45, 2.75) is 12.7 Å². The van der Waals surface area contributed by atoms with Gasteiger partial charge in [-0.25, -0.2) is 0 Å². The normalized spacial score (nSPS) is 10.9. The van der Waals surface area contributed by atoms with Crippen molar-refractivity contribution in [1.29, 1.82) is 5.26 Å². The molecule has 0 fully saturated rings. The third-order valence-corrected chi connectivity index (χ3v) is 4.44. The SMILES string of the molecule is Cc1ccc(OS(=O)(=O)Cc2cccc(C#N)c2)c(Br)c1. The molecule has 6 heteroatoms. The third kappa shape index (κ3) is 4.31. The Balaban J connectivity index is 2.20. The van der Waals surface area contributed by atoms with Crippen LogP contribution >= 0.6 is 15.9 Å². The predicted octanol–water partition coefficient (Wildman–Crippen LogP) is 3.54. The van der Waals surface area contributed by atoms with Gasteiger partial charge in [0.15, 0.2) is 5.75 Å². The first-order valence-electron chi connectivity index (χ1n) is 6.07. The summed E-state index contributed by atoms with van der Waals surface area (Å²) in [5.74, 6) is -0.0416. The summed E-state index contributed by atoms with van der Waals surface area (Å²) < 4.78 is 29.8. The summed E-state index contributed by atoms with van der Waals surface area (Å²) in [7, 11) is -3.79. The van der Waals surface area contributed by atoms with Crippen LogP contribution in [0.3, 0.4) is 0 Å². The lowest BCUT2D eigenvalue weighted by molar-refractivity contribution is 0.483. The maximum atomic E-state index is 12.1. The van der Waals surface area contributed by atoms with Crippen LogP contribution in [0.25, 0.3) is 0 Å². The first-order valence-corrected chi connectivity index (χ1v) is 8.44. The molecule has 0 saturated heterocycles. The van der Waals surface area contributed by atoms with Crippen molar-refractivity contribution in [1.82, 2.24) is 0 Å². The minimum Gasteiger partial charge on any atom is -0.381 e. The van der Waals surface area contributed by atoms with Gasteiger partial charge >= 0.3 is 10.1 Å². The van der Waals surface area contributed by atoms with E-state index in [0.29, 0.717) is 15.6 Å². The zero-order valence-corrected chi connectivity index (χ0v) is 13.6. The van der Waals surface area contributed by atoms with E-state index < -0.39 is 10.1 Å². The van der Waals surface area contributed by atoms with Crippen molar-refractivity contribution in [3.05, 3.63) is 63.6 Å². The lowest BCUT2D eigenvalue weighted by Crippen LogP contribution is -2.12. The molecular weight excluding hydrogens is 354 g/mol. The first-order chi connectivity index (χ1) is 9.89. The van der Waals surface area contributed by atoms with E-state index in [1.54, 1.807) is 36.4 Å². The fourth-order valence-electron chi connectivity index (χ4n) is 1.77. The zero-order valence-electron chi connectivity index (χ0n) is 11.2. The van der Waals surface area contributed by atoms with E-state index in [1.807, 2.05) is 13.0 Å². The highest BCUT2D eigenvalue weighted by Gasteiger charge is 2.16. The Hall–Kier alpha value is -1.84. The molecule has 0 heterocycles. The Morgan fingerprint density at radius 1 is 1.24 bits per heavy atom. The van der Waals surface area contributed by atoms with Crippen molar-refractivity contribution < 1.29 is 12.6 Å². The summed E-state index contributed by atoms with van der Waals surface area (Å²) in [6, 6.07) is 13.6. The summed E-state index contributed by atoms with van der Waals surface area (Å²) in [6.45, 7) is 1.90. The number of halogens is 1. The Bertz CT molecular complexity index is 810. The highest BCUT2D eigenvalue weighted by Crippen LogP contribution is 2.27. The number of nitriles is 1. The van der Waals surface area contributed by atoms with E-state index in [-0.39, 0.29) is 11.5 Å². The summed E-state index contributed by atoms with van der Waals surface area (Å²) in [5.41, 5.74) is 1.92. The molecule has 0 unspecified atom stereocenters. The number of rotatable bonds is 4. The summed E-state index contributed by atoms with van der Waals surface area (Å²) in [5, 5.41) is 8.82. The summed E-state index contributed by atoms with van der Waals surface area (Å²) in [4.78, 5) is 0. The maximum Gasteiger partial charge on any atom is 0.313 e. The van der Waals surface area contributed by atoms with E-state index in [0.717, 1.165) is 5.56 Å². The number of hydrogen-bond donors (Lipinski definition) is 0. The smallest absolute Gasteiger partial charge is 0.313 e. The molecule has 2 aromatic rings. The first kappa shape index (κ1) is 15.5. The molecule has 21 heavy (non-hydrogen) atoms. The van der Waals surface area contributed by atoms with E-state index in [4.69, 9.17) is 9.44 Å². The molecule has 0 aliphatic carbocycles. The average molecular weight is 366 g/mol. The van der Waals surface area contributed by atoms with Crippen molar-refractivity contribution in [2.75, 3.05) is 0 Å². The van der Waals surface area contributed by atoms with Gasteiger partial charge in [0, 0.05) is 0 Å². The minimum absolute atomic E-state index is 0.247. The van der Waals surface area contributed by atoms with E-state index in [9.17, 15) is 8.42 Å². The van der Waals surface area contributed by atoms with Crippen LogP contribution in [-0.2, 0) is 15.9 Å². The Morgan fingerprint density at radius 3 is 2.67 bits per heavy atom. The van der Waals surface area contributed by atoms with Crippen molar-refractivity contribution in [3.63, 3.8) is 0 Å². The van der Waals surface area contributed by atoms with Crippen LogP contribution in [0.4, 0.5) is 0 Å². The molecular formula is C15H12BrNO3S. The molecule has 0 radical (unpaired) electrons. The van der Waals surface area contributed by atoms with Crippen LogP contribution in [0.1, 0.15) is 16.7 Å². The zero-order chi connectivity index (χ0) is 15.5. The second kappa shape index (κ2) is 6.29. The van der Waals surface area contributed by atoms with Crippen molar-refractivity contribution in [2.24, 2.45) is 0 Å². The molecule has 0 saturated carbocycles. The number of nitrogens with zero attached hydrogens (tertiary/aromatic N) is 1. The second-order valence-corrected chi connectivity index (χ2v) is 6.96. The van der Waals surface area contributed by atoms with Crippen molar-refractivity contribution >= 4 is 26.0 Å². The maximum absolute atomic E-state index is 12.1. The van der Waals surface area contributed by atoms with E-state index >= 15 is 0 Å². The van der Waals surface area contributed by atoms with Crippen molar-refractivity contribution in [3.8, 4) is 11.8 Å². The monoisotopic (exact) mass is 365 g/mol. The molecule has 0 spiro atoms. The third-order valence-electron chi connectivity index (χ3n) is 2.70. The standard InChI is InChI=1S/C15H12BrNO3S/c1-11-5-6-15(14(16)7-11)20-21(18,19)10-13-4-2-3-12(8-13)9-17/h2-8H,10H2,1H3. The van der Waals surface area contributed by atoms with Gasteiger partial charge in [0.1, 0.15) is 5.75 Å². The van der Waals surface area contributed by atoms with Gasteiger partial charge < -0.3 is 4.18 Å². The molecule has 0 N–H and O–H groups in total. The topological polar surface area (TPSA) is 67.2 Å². The van der Waals surface area contributed by atoms with Crippen LogP contribution < -0.4 is 4.18 Å². The molecule has 108 valence electrons. The molecule has 2 aromatic carbocycles. The van der Waals surface area contributed by atoms with Gasteiger partial charge in [-0.05, 0) is 58.2 Å². The Morgan fingerprint density at radius 2 is 2.00 bits per heavy atom. The van der Waals surface area contributed by atoms with Gasteiger partial charge in [-0.15, -0.1) is 0 Å². The molecule has 4 nitrogen and oxygen atoms in total. The average Bonchev–Trinajstić information content (AvgIpc) is 2.41. The fourth-order valence-corrected chi connectivity index (χ4v) is 3.52. The minimum atomic E-state index is -3.79.